The van der Waals surface area contributed by atoms with Crippen LogP contribution in [0.25, 0.3) is 0 Å². The molecule has 0 saturated heterocycles. The van der Waals surface area contributed by atoms with E-state index in [9.17, 15) is 8.42 Å². The van der Waals surface area contributed by atoms with Gasteiger partial charge in [0.05, 0.1) is 11.4 Å². The molecule has 1 aliphatic heterocycles. The third-order valence-electron chi connectivity index (χ3n) is 2.43. The van der Waals surface area contributed by atoms with Crippen molar-refractivity contribution in [1.29, 1.82) is 0 Å². The maximum Gasteiger partial charge on any atom is 0.235 e. The summed E-state index contributed by atoms with van der Waals surface area (Å²) in [6, 6.07) is 5.35. The van der Waals surface area contributed by atoms with Crippen molar-refractivity contribution in [1.82, 2.24) is 0 Å². The maximum absolute atomic E-state index is 11.5. The summed E-state index contributed by atoms with van der Waals surface area (Å²) in [5.41, 5.74) is 1.73. The first kappa shape index (κ1) is 9.80. The molecule has 5 heteroatoms. The van der Waals surface area contributed by atoms with E-state index in [0.29, 0.717) is 17.1 Å². The summed E-state index contributed by atoms with van der Waals surface area (Å²) in [6.07, 6.45) is 0.569. The fraction of sp³-hybridized carbons (Fsp3) is 0.333. The summed E-state index contributed by atoms with van der Waals surface area (Å²) in [4.78, 5) is 0. The van der Waals surface area contributed by atoms with E-state index in [1.165, 1.54) is 4.31 Å². The van der Waals surface area contributed by atoms with Gasteiger partial charge in [-0.15, -0.1) is 0 Å². The summed E-state index contributed by atoms with van der Waals surface area (Å²) in [7, 11) is -1.56. The van der Waals surface area contributed by atoms with Crippen LogP contribution in [0.4, 0.5) is 5.69 Å². The molecular formula is C9H10ClNO2S. The molecule has 0 bridgehead atoms. The monoisotopic (exact) mass is 231 g/mol. The van der Waals surface area contributed by atoms with E-state index >= 15 is 0 Å². The van der Waals surface area contributed by atoms with Crippen molar-refractivity contribution in [2.45, 2.75) is 6.42 Å². The number of hydrogen-bond acceptors (Lipinski definition) is 2. The molecule has 1 aliphatic rings. The first-order valence-electron chi connectivity index (χ1n) is 4.26. The molecule has 0 spiro atoms. The Labute approximate surface area is 88.3 Å². The molecule has 0 radical (unpaired) electrons. The molecule has 0 aliphatic carbocycles. The molecule has 2 rings (SSSR count). The van der Waals surface area contributed by atoms with Gasteiger partial charge in [0.2, 0.25) is 10.0 Å². The van der Waals surface area contributed by atoms with Crippen LogP contribution in [0.15, 0.2) is 18.2 Å². The van der Waals surface area contributed by atoms with Crippen molar-refractivity contribution in [2.24, 2.45) is 0 Å². The van der Waals surface area contributed by atoms with Gasteiger partial charge in [-0.25, -0.2) is 8.42 Å². The van der Waals surface area contributed by atoms with E-state index in [0.717, 1.165) is 5.56 Å². The number of anilines is 1. The zero-order chi connectivity index (χ0) is 10.3. The van der Waals surface area contributed by atoms with Gasteiger partial charge >= 0.3 is 0 Å². The number of fused-ring (bicyclic) bond motifs is 1. The molecule has 0 atom stereocenters. The summed E-state index contributed by atoms with van der Waals surface area (Å²) < 4.78 is 24.4. The quantitative estimate of drug-likeness (QED) is 0.681. The molecule has 1 aromatic rings. The second kappa shape index (κ2) is 3.14. The highest BCUT2D eigenvalue weighted by atomic mass is 35.5. The molecule has 1 aromatic carbocycles. The lowest BCUT2D eigenvalue weighted by Crippen LogP contribution is -2.34. The van der Waals surface area contributed by atoms with Crippen LogP contribution < -0.4 is 4.31 Å². The molecule has 3 nitrogen and oxygen atoms in total. The topological polar surface area (TPSA) is 37.4 Å². The molecule has 0 aromatic heterocycles. The fourth-order valence-corrected chi connectivity index (χ4v) is 2.95. The van der Waals surface area contributed by atoms with Gasteiger partial charge in [0.1, 0.15) is 0 Å². The van der Waals surface area contributed by atoms with Crippen LogP contribution in [0, 0.1) is 0 Å². The van der Waals surface area contributed by atoms with Crippen LogP contribution in [0.5, 0.6) is 0 Å². The SMILES string of the molecule is CN1c2cc(Cl)ccc2CCS1(=O)=O. The van der Waals surface area contributed by atoms with Crippen LogP contribution >= 0.6 is 11.6 Å². The maximum atomic E-state index is 11.5. The minimum absolute atomic E-state index is 0.179. The smallest absolute Gasteiger partial charge is 0.235 e. The minimum Gasteiger partial charge on any atom is -0.273 e. The Balaban J connectivity index is 2.59. The van der Waals surface area contributed by atoms with E-state index in [1.807, 2.05) is 6.07 Å². The minimum atomic E-state index is -3.12. The Hall–Kier alpha value is -0.740. The predicted molar refractivity (Wildman–Crippen MR) is 57.3 cm³/mol. The van der Waals surface area contributed by atoms with E-state index in [2.05, 4.69) is 0 Å². The van der Waals surface area contributed by atoms with Crippen molar-refractivity contribution in [3.63, 3.8) is 0 Å². The normalized spacial score (nSPS) is 19.1. The molecule has 14 heavy (non-hydrogen) atoms. The number of rotatable bonds is 0. The van der Waals surface area contributed by atoms with Crippen LogP contribution in [-0.2, 0) is 16.4 Å². The van der Waals surface area contributed by atoms with E-state index in [-0.39, 0.29) is 5.75 Å². The predicted octanol–water partition coefficient (Wildman–Crippen LogP) is 1.66. The molecule has 1 heterocycles. The molecular weight excluding hydrogens is 222 g/mol. The van der Waals surface area contributed by atoms with Gasteiger partial charge < -0.3 is 0 Å². The average molecular weight is 232 g/mol. The van der Waals surface area contributed by atoms with Gasteiger partial charge in [-0.05, 0) is 24.1 Å². The Bertz CT molecular complexity index is 470. The Morgan fingerprint density at radius 2 is 2.14 bits per heavy atom. The standard InChI is InChI=1S/C9H10ClNO2S/c1-11-9-6-8(10)3-2-7(9)4-5-14(11,12)13/h2-3,6H,4-5H2,1H3. The average Bonchev–Trinajstić information content (AvgIpc) is 2.13. The highest BCUT2D eigenvalue weighted by Crippen LogP contribution is 2.30. The van der Waals surface area contributed by atoms with Crippen molar-refractivity contribution < 1.29 is 8.42 Å². The van der Waals surface area contributed by atoms with Crippen molar-refractivity contribution in [2.75, 3.05) is 17.1 Å². The second-order valence-corrected chi connectivity index (χ2v) is 5.86. The van der Waals surface area contributed by atoms with Crippen LogP contribution in [0.3, 0.4) is 0 Å². The Morgan fingerprint density at radius 1 is 1.43 bits per heavy atom. The summed E-state index contributed by atoms with van der Waals surface area (Å²) in [5.74, 6) is 0.179. The molecule has 0 saturated carbocycles. The fourth-order valence-electron chi connectivity index (χ4n) is 1.57. The molecule has 0 unspecified atom stereocenters. The van der Waals surface area contributed by atoms with Gasteiger partial charge in [-0.3, -0.25) is 4.31 Å². The van der Waals surface area contributed by atoms with Gasteiger partial charge in [-0.1, -0.05) is 17.7 Å². The summed E-state index contributed by atoms with van der Waals surface area (Å²) >= 11 is 5.81. The van der Waals surface area contributed by atoms with Gasteiger partial charge in [0, 0.05) is 12.1 Å². The third kappa shape index (κ3) is 1.48. The lowest BCUT2D eigenvalue weighted by Gasteiger charge is -2.27. The number of benzene rings is 1. The number of halogens is 1. The van der Waals surface area contributed by atoms with Crippen molar-refractivity contribution in [3.8, 4) is 0 Å². The van der Waals surface area contributed by atoms with Gasteiger partial charge in [0.15, 0.2) is 0 Å². The van der Waals surface area contributed by atoms with Gasteiger partial charge in [-0.2, -0.15) is 0 Å². The van der Waals surface area contributed by atoms with Gasteiger partial charge in [0.25, 0.3) is 0 Å². The second-order valence-electron chi connectivity index (χ2n) is 3.31. The number of hydrogen-bond donors (Lipinski definition) is 0. The lowest BCUT2D eigenvalue weighted by atomic mass is 10.1. The van der Waals surface area contributed by atoms with Crippen LogP contribution in [0.2, 0.25) is 5.02 Å². The van der Waals surface area contributed by atoms with Crippen LogP contribution in [-0.4, -0.2) is 21.2 Å². The summed E-state index contributed by atoms with van der Waals surface area (Å²) in [6.45, 7) is 0. The first-order chi connectivity index (χ1) is 6.50. The highest BCUT2D eigenvalue weighted by molar-refractivity contribution is 7.92. The Morgan fingerprint density at radius 3 is 2.86 bits per heavy atom. The van der Waals surface area contributed by atoms with Crippen LogP contribution in [0.1, 0.15) is 5.56 Å². The molecule has 76 valence electrons. The van der Waals surface area contributed by atoms with Crippen molar-refractivity contribution in [3.05, 3.63) is 28.8 Å². The highest BCUT2D eigenvalue weighted by Gasteiger charge is 2.26. The lowest BCUT2D eigenvalue weighted by molar-refractivity contribution is 0.591. The number of aryl methyl sites for hydroxylation is 1. The van der Waals surface area contributed by atoms with E-state index < -0.39 is 10.0 Å². The first-order valence-corrected chi connectivity index (χ1v) is 6.24. The zero-order valence-corrected chi connectivity index (χ0v) is 9.27. The number of sulfonamides is 1. The molecule has 0 amide bonds. The van der Waals surface area contributed by atoms with Crippen molar-refractivity contribution >= 4 is 27.3 Å². The van der Waals surface area contributed by atoms with E-state index in [4.69, 9.17) is 11.6 Å². The summed E-state index contributed by atoms with van der Waals surface area (Å²) in [5, 5.41) is 0.563. The molecule has 0 N–H and O–H groups in total. The number of nitrogens with zero attached hydrogens (tertiary/aromatic N) is 1. The molecule has 0 fully saturated rings. The largest absolute Gasteiger partial charge is 0.273 e. The third-order valence-corrected chi connectivity index (χ3v) is 4.42. The Kier molecular flexibility index (Phi) is 2.20. The zero-order valence-electron chi connectivity index (χ0n) is 7.70. The van der Waals surface area contributed by atoms with E-state index in [1.54, 1.807) is 19.2 Å².